The van der Waals surface area contributed by atoms with Crippen LogP contribution in [0.1, 0.15) is 49.1 Å². The predicted octanol–water partition coefficient (Wildman–Crippen LogP) is 1.80. The molecule has 1 aliphatic heterocycles. The highest BCUT2D eigenvalue weighted by atomic mass is 16.2. The number of likely N-dealkylation sites (tertiary alicyclic amines) is 1. The van der Waals surface area contributed by atoms with E-state index in [1.54, 1.807) is 17.0 Å². The molecule has 2 aliphatic rings. The van der Waals surface area contributed by atoms with Crippen molar-refractivity contribution in [1.82, 2.24) is 19.8 Å². The van der Waals surface area contributed by atoms with E-state index in [-0.39, 0.29) is 5.91 Å². The van der Waals surface area contributed by atoms with Crippen LogP contribution in [0.2, 0.25) is 0 Å². The van der Waals surface area contributed by atoms with Crippen LogP contribution in [0.3, 0.4) is 0 Å². The molecule has 1 N–H and O–H groups in total. The van der Waals surface area contributed by atoms with E-state index in [1.165, 1.54) is 45.1 Å². The van der Waals surface area contributed by atoms with Crippen molar-refractivity contribution in [3.05, 3.63) is 18.2 Å². The van der Waals surface area contributed by atoms with E-state index >= 15 is 0 Å². The fourth-order valence-electron chi connectivity index (χ4n) is 3.71. The van der Waals surface area contributed by atoms with Gasteiger partial charge in [0.1, 0.15) is 0 Å². The normalized spacial score (nSPS) is 24.3. The van der Waals surface area contributed by atoms with E-state index < -0.39 is 0 Å². The van der Waals surface area contributed by atoms with Gasteiger partial charge in [-0.15, -0.1) is 0 Å². The minimum absolute atomic E-state index is 0.0568. The van der Waals surface area contributed by atoms with Crippen LogP contribution in [0.4, 0.5) is 0 Å². The van der Waals surface area contributed by atoms with E-state index in [0.29, 0.717) is 11.7 Å². The van der Waals surface area contributed by atoms with E-state index in [2.05, 4.69) is 15.2 Å². The first-order chi connectivity index (χ1) is 10.2. The van der Waals surface area contributed by atoms with Crippen molar-refractivity contribution in [3.8, 4) is 0 Å². The molecule has 0 spiro atoms. The number of nitrogens with zero attached hydrogens (tertiary/aromatic N) is 3. The zero-order valence-corrected chi connectivity index (χ0v) is 12.9. The van der Waals surface area contributed by atoms with Gasteiger partial charge in [0, 0.05) is 38.6 Å². The molecule has 1 amide bonds. The Morgan fingerprint density at radius 2 is 2.14 bits per heavy atom. The summed E-state index contributed by atoms with van der Waals surface area (Å²) in [5, 5.41) is 3.04. The molecule has 0 aromatic carbocycles. The molecule has 1 aliphatic carbocycles. The van der Waals surface area contributed by atoms with Gasteiger partial charge in [-0.3, -0.25) is 4.79 Å². The molecule has 5 heteroatoms. The van der Waals surface area contributed by atoms with Crippen LogP contribution in [-0.2, 0) is 7.05 Å². The van der Waals surface area contributed by atoms with Gasteiger partial charge in [0.15, 0.2) is 5.82 Å². The first kappa shape index (κ1) is 14.6. The van der Waals surface area contributed by atoms with Gasteiger partial charge in [-0.2, -0.15) is 0 Å². The standard InChI is InChI=1S/C16H26N4O/c1-19-10-8-17-15(19)16(21)18-11-13-7-9-20(12-13)14-5-3-2-4-6-14/h8,10,13-14H,2-7,9,11-12H2,1H3,(H,18,21)/t13-/m0/s1. The Balaban J connectivity index is 1.44. The Bertz CT molecular complexity index is 478. The lowest BCUT2D eigenvalue weighted by Gasteiger charge is -2.31. The van der Waals surface area contributed by atoms with Crippen molar-refractivity contribution in [3.63, 3.8) is 0 Å². The molecule has 1 atom stereocenters. The number of aryl methyl sites for hydroxylation is 1. The molecule has 1 saturated carbocycles. The average Bonchev–Trinajstić information content (AvgIpc) is 3.15. The first-order valence-electron chi connectivity index (χ1n) is 8.23. The molecule has 0 bridgehead atoms. The molecule has 2 heterocycles. The highest BCUT2D eigenvalue weighted by molar-refractivity contribution is 5.90. The summed E-state index contributed by atoms with van der Waals surface area (Å²) in [7, 11) is 1.85. The molecular formula is C16H26N4O. The predicted molar refractivity (Wildman–Crippen MR) is 82.1 cm³/mol. The van der Waals surface area contributed by atoms with Crippen molar-refractivity contribution in [2.75, 3.05) is 19.6 Å². The van der Waals surface area contributed by atoms with Crippen LogP contribution in [0, 0.1) is 5.92 Å². The van der Waals surface area contributed by atoms with Gasteiger partial charge in [-0.1, -0.05) is 19.3 Å². The maximum atomic E-state index is 12.1. The summed E-state index contributed by atoms with van der Waals surface area (Å²) in [6.45, 7) is 3.12. The maximum Gasteiger partial charge on any atom is 0.287 e. The summed E-state index contributed by atoms with van der Waals surface area (Å²) < 4.78 is 1.76. The third kappa shape index (κ3) is 3.46. The smallest absolute Gasteiger partial charge is 0.287 e. The van der Waals surface area contributed by atoms with Gasteiger partial charge >= 0.3 is 0 Å². The Labute approximate surface area is 126 Å². The van der Waals surface area contributed by atoms with Crippen LogP contribution in [0.25, 0.3) is 0 Å². The lowest BCUT2D eigenvalue weighted by atomic mass is 9.94. The molecule has 1 aromatic rings. The van der Waals surface area contributed by atoms with Gasteiger partial charge < -0.3 is 14.8 Å². The second kappa shape index (κ2) is 6.60. The number of carbonyl (C=O) groups excluding carboxylic acids is 1. The Kier molecular flexibility index (Phi) is 4.58. The number of carbonyl (C=O) groups is 1. The van der Waals surface area contributed by atoms with E-state index in [0.717, 1.165) is 19.1 Å². The molecule has 1 aromatic heterocycles. The summed E-state index contributed by atoms with van der Waals surface area (Å²) >= 11 is 0. The number of imidazole rings is 1. The minimum Gasteiger partial charge on any atom is -0.349 e. The second-order valence-electron chi connectivity index (χ2n) is 6.51. The van der Waals surface area contributed by atoms with E-state index in [1.807, 2.05) is 7.05 Å². The summed E-state index contributed by atoms with van der Waals surface area (Å²) in [6.07, 6.45) is 11.6. The molecule has 116 valence electrons. The van der Waals surface area contributed by atoms with Gasteiger partial charge in [0.05, 0.1) is 0 Å². The fraction of sp³-hybridized carbons (Fsp3) is 0.750. The number of amides is 1. The lowest BCUT2D eigenvalue weighted by molar-refractivity contribution is 0.0933. The Morgan fingerprint density at radius 1 is 1.33 bits per heavy atom. The third-order valence-corrected chi connectivity index (χ3v) is 4.98. The third-order valence-electron chi connectivity index (χ3n) is 4.98. The Hall–Kier alpha value is -1.36. The fourth-order valence-corrected chi connectivity index (χ4v) is 3.71. The molecular weight excluding hydrogens is 264 g/mol. The van der Waals surface area contributed by atoms with Crippen LogP contribution < -0.4 is 5.32 Å². The maximum absolute atomic E-state index is 12.1. The van der Waals surface area contributed by atoms with E-state index in [9.17, 15) is 4.79 Å². The van der Waals surface area contributed by atoms with Crippen molar-refractivity contribution in [2.24, 2.45) is 13.0 Å². The molecule has 21 heavy (non-hydrogen) atoms. The number of nitrogens with one attached hydrogen (secondary N) is 1. The van der Waals surface area contributed by atoms with E-state index in [4.69, 9.17) is 0 Å². The monoisotopic (exact) mass is 290 g/mol. The number of hydrogen-bond donors (Lipinski definition) is 1. The molecule has 0 unspecified atom stereocenters. The van der Waals surface area contributed by atoms with Gasteiger partial charge in [-0.25, -0.2) is 4.98 Å². The lowest BCUT2D eigenvalue weighted by Crippen LogP contribution is -2.36. The molecule has 2 fully saturated rings. The van der Waals surface area contributed by atoms with Crippen LogP contribution in [0.15, 0.2) is 12.4 Å². The second-order valence-corrected chi connectivity index (χ2v) is 6.51. The summed E-state index contributed by atoms with van der Waals surface area (Å²) in [4.78, 5) is 18.8. The number of rotatable bonds is 4. The van der Waals surface area contributed by atoms with Crippen molar-refractivity contribution in [2.45, 2.75) is 44.6 Å². The highest BCUT2D eigenvalue weighted by Gasteiger charge is 2.29. The Morgan fingerprint density at radius 3 is 2.86 bits per heavy atom. The van der Waals surface area contributed by atoms with Crippen molar-refractivity contribution >= 4 is 5.91 Å². The minimum atomic E-state index is -0.0568. The quantitative estimate of drug-likeness (QED) is 0.920. The molecule has 0 radical (unpaired) electrons. The number of hydrogen-bond acceptors (Lipinski definition) is 3. The largest absolute Gasteiger partial charge is 0.349 e. The zero-order valence-electron chi connectivity index (χ0n) is 12.9. The van der Waals surface area contributed by atoms with Crippen molar-refractivity contribution < 1.29 is 4.79 Å². The SMILES string of the molecule is Cn1ccnc1C(=O)NC[C@@H]1CCN(C2CCCCC2)C1. The average molecular weight is 290 g/mol. The van der Waals surface area contributed by atoms with Gasteiger partial charge in [0.2, 0.25) is 0 Å². The van der Waals surface area contributed by atoms with Crippen LogP contribution >= 0.6 is 0 Å². The first-order valence-corrected chi connectivity index (χ1v) is 8.23. The van der Waals surface area contributed by atoms with Gasteiger partial charge in [-0.05, 0) is 31.7 Å². The van der Waals surface area contributed by atoms with Crippen LogP contribution in [0.5, 0.6) is 0 Å². The topological polar surface area (TPSA) is 50.2 Å². The number of aromatic nitrogens is 2. The summed E-state index contributed by atoms with van der Waals surface area (Å²) in [5.41, 5.74) is 0. The van der Waals surface area contributed by atoms with Crippen LogP contribution in [-0.4, -0.2) is 46.0 Å². The highest BCUT2D eigenvalue weighted by Crippen LogP contribution is 2.27. The summed E-state index contributed by atoms with van der Waals surface area (Å²) in [6, 6.07) is 0.800. The van der Waals surface area contributed by atoms with Crippen molar-refractivity contribution in [1.29, 1.82) is 0 Å². The summed E-state index contributed by atoms with van der Waals surface area (Å²) in [5.74, 6) is 1.03. The van der Waals surface area contributed by atoms with Gasteiger partial charge in [0.25, 0.3) is 5.91 Å². The molecule has 3 rings (SSSR count). The molecule has 5 nitrogen and oxygen atoms in total. The molecule has 1 saturated heterocycles. The zero-order chi connectivity index (χ0) is 14.7.